The number of hydrogen-bond acceptors (Lipinski definition) is 2. The maximum atomic E-state index is 10.3. The van der Waals surface area contributed by atoms with Gasteiger partial charge in [-0.05, 0) is 13.8 Å². The van der Waals surface area contributed by atoms with Crippen molar-refractivity contribution in [2.75, 3.05) is 6.54 Å². The minimum atomic E-state index is -0.379. The Morgan fingerprint density at radius 2 is 2.33 bits per heavy atom. The number of rotatable bonds is 3. The van der Waals surface area contributed by atoms with Gasteiger partial charge in [-0.1, -0.05) is 0 Å². The van der Waals surface area contributed by atoms with Crippen LogP contribution in [-0.2, 0) is 4.79 Å². The van der Waals surface area contributed by atoms with E-state index in [-0.39, 0.29) is 5.91 Å². The lowest BCUT2D eigenvalue weighted by Gasteiger charge is -1.94. The zero-order chi connectivity index (χ0) is 7.28. The van der Waals surface area contributed by atoms with Gasteiger partial charge in [0, 0.05) is 18.3 Å². The van der Waals surface area contributed by atoms with E-state index in [2.05, 4.69) is 5.32 Å². The van der Waals surface area contributed by atoms with E-state index in [0.29, 0.717) is 5.57 Å². The molecule has 3 heteroatoms. The summed E-state index contributed by atoms with van der Waals surface area (Å²) in [5, 5.41) is 2.87. The molecule has 52 valence electrons. The Labute approximate surface area is 54.9 Å². The largest absolute Gasteiger partial charge is 0.391 e. The van der Waals surface area contributed by atoms with Crippen LogP contribution >= 0.6 is 0 Å². The molecule has 1 amide bonds. The molecule has 0 fully saturated rings. The molecule has 0 bridgehead atoms. The Balaban J connectivity index is 3.69. The summed E-state index contributed by atoms with van der Waals surface area (Å²) < 4.78 is 0. The SMILES string of the molecule is CCN/C=C(\C)C(N)=O. The molecule has 0 spiro atoms. The van der Waals surface area contributed by atoms with Gasteiger partial charge in [-0.2, -0.15) is 0 Å². The van der Waals surface area contributed by atoms with E-state index in [1.165, 1.54) is 0 Å². The third kappa shape index (κ3) is 3.58. The number of nitrogens with one attached hydrogen (secondary N) is 1. The van der Waals surface area contributed by atoms with Crippen LogP contribution in [-0.4, -0.2) is 12.5 Å². The molecular weight excluding hydrogens is 116 g/mol. The molecule has 0 rings (SSSR count). The van der Waals surface area contributed by atoms with Gasteiger partial charge in [0.1, 0.15) is 0 Å². The second kappa shape index (κ2) is 3.95. The van der Waals surface area contributed by atoms with E-state index in [1.54, 1.807) is 13.1 Å². The number of hydrogen-bond donors (Lipinski definition) is 2. The molecule has 9 heavy (non-hydrogen) atoms. The standard InChI is InChI=1S/C6H12N2O/c1-3-8-4-5(2)6(7)9/h4,8H,3H2,1-2H3,(H2,7,9)/b5-4+. The highest BCUT2D eigenvalue weighted by Crippen LogP contribution is 1.84. The van der Waals surface area contributed by atoms with Gasteiger partial charge in [0.25, 0.3) is 0 Å². The third-order valence-corrected chi connectivity index (χ3v) is 0.911. The molecule has 0 saturated carbocycles. The summed E-state index contributed by atoms with van der Waals surface area (Å²) in [6, 6.07) is 0. The van der Waals surface area contributed by atoms with Crippen molar-refractivity contribution in [1.82, 2.24) is 5.32 Å². The minimum absolute atomic E-state index is 0.379. The summed E-state index contributed by atoms with van der Waals surface area (Å²) in [5.74, 6) is -0.379. The molecule has 0 heterocycles. The second-order valence-corrected chi connectivity index (χ2v) is 1.75. The van der Waals surface area contributed by atoms with Crippen LogP contribution in [0.25, 0.3) is 0 Å². The van der Waals surface area contributed by atoms with Crippen molar-refractivity contribution in [3.63, 3.8) is 0 Å². The summed E-state index contributed by atoms with van der Waals surface area (Å²) in [7, 11) is 0. The van der Waals surface area contributed by atoms with Crippen LogP contribution in [0, 0.1) is 0 Å². The van der Waals surface area contributed by atoms with E-state index >= 15 is 0 Å². The summed E-state index contributed by atoms with van der Waals surface area (Å²) in [6.07, 6.45) is 1.61. The zero-order valence-electron chi connectivity index (χ0n) is 5.77. The van der Waals surface area contributed by atoms with E-state index in [4.69, 9.17) is 5.73 Å². The number of amides is 1. The molecule has 0 saturated heterocycles. The van der Waals surface area contributed by atoms with Crippen molar-refractivity contribution in [2.45, 2.75) is 13.8 Å². The molecule has 0 atom stereocenters. The fourth-order valence-electron chi connectivity index (χ4n) is 0.326. The van der Waals surface area contributed by atoms with E-state index < -0.39 is 0 Å². The molecule has 0 unspecified atom stereocenters. The fourth-order valence-corrected chi connectivity index (χ4v) is 0.326. The van der Waals surface area contributed by atoms with Crippen molar-refractivity contribution in [3.8, 4) is 0 Å². The predicted octanol–water partition coefficient (Wildman–Crippen LogP) is -0.0150. The molecule has 0 aliphatic heterocycles. The zero-order valence-corrected chi connectivity index (χ0v) is 5.77. The molecule has 0 radical (unpaired) electrons. The first-order valence-electron chi connectivity index (χ1n) is 2.88. The van der Waals surface area contributed by atoms with Gasteiger partial charge in [-0.15, -0.1) is 0 Å². The van der Waals surface area contributed by atoms with Crippen LogP contribution in [0.5, 0.6) is 0 Å². The van der Waals surface area contributed by atoms with E-state index in [0.717, 1.165) is 6.54 Å². The highest BCUT2D eigenvalue weighted by atomic mass is 16.1. The summed E-state index contributed by atoms with van der Waals surface area (Å²) in [4.78, 5) is 10.3. The average molecular weight is 128 g/mol. The molecule has 0 aromatic heterocycles. The normalized spacial score (nSPS) is 11.1. The first-order valence-corrected chi connectivity index (χ1v) is 2.88. The maximum Gasteiger partial charge on any atom is 0.245 e. The molecule has 3 nitrogen and oxygen atoms in total. The molecule has 0 aromatic carbocycles. The van der Waals surface area contributed by atoms with Crippen LogP contribution in [0.2, 0.25) is 0 Å². The predicted molar refractivity (Wildman–Crippen MR) is 36.6 cm³/mol. The summed E-state index contributed by atoms with van der Waals surface area (Å²) in [5.41, 5.74) is 5.48. The van der Waals surface area contributed by atoms with Crippen molar-refractivity contribution in [1.29, 1.82) is 0 Å². The fraction of sp³-hybridized carbons (Fsp3) is 0.500. The van der Waals surface area contributed by atoms with Gasteiger partial charge in [0.15, 0.2) is 0 Å². The second-order valence-electron chi connectivity index (χ2n) is 1.75. The Morgan fingerprint density at radius 3 is 2.67 bits per heavy atom. The van der Waals surface area contributed by atoms with Crippen molar-refractivity contribution < 1.29 is 4.79 Å². The monoisotopic (exact) mass is 128 g/mol. The number of carbonyl (C=O) groups is 1. The smallest absolute Gasteiger partial charge is 0.245 e. The summed E-state index contributed by atoms with van der Waals surface area (Å²) in [6.45, 7) is 4.43. The lowest BCUT2D eigenvalue weighted by molar-refractivity contribution is -0.114. The minimum Gasteiger partial charge on any atom is -0.391 e. The van der Waals surface area contributed by atoms with Gasteiger partial charge in [0.05, 0.1) is 0 Å². The maximum absolute atomic E-state index is 10.3. The average Bonchev–Trinajstić information content (AvgIpc) is 1.82. The first kappa shape index (κ1) is 8.01. The van der Waals surface area contributed by atoms with E-state index in [9.17, 15) is 4.79 Å². The van der Waals surface area contributed by atoms with E-state index in [1.807, 2.05) is 6.92 Å². The molecular formula is C6H12N2O. The van der Waals surface area contributed by atoms with Gasteiger partial charge in [-0.3, -0.25) is 4.79 Å². The quantitative estimate of drug-likeness (QED) is 0.525. The highest BCUT2D eigenvalue weighted by Gasteiger charge is 1.92. The number of primary amides is 1. The Hall–Kier alpha value is -0.990. The van der Waals surface area contributed by atoms with Crippen LogP contribution in [0.15, 0.2) is 11.8 Å². The van der Waals surface area contributed by atoms with Gasteiger partial charge in [-0.25, -0.2) is 0 Å². The first-order chi connectivity index (χ1) is 4.18. The Morgan fingerprint density at radius 1 is 1.78 bits per heavy atom. The van der Waals surface area contributed by atoms with Crippen molar-refractivity contribution in [2.24, 2.45) is 5.73 Å². The van der Waals surface area contributed by atoms with Crippen LogP contribution in [0.3, 0.4) is 0 Å². The third-order valence-electron chi connectivity index (χ3n) is 0.911. The Kier molecular flexibility index (Phi) is 3.51. The van der Waals surface area contributed by atoms with Crippen LogP contribution in [0.1, 0.15) is 13.8 Å². The van der Waals surface area contributed by atoms with Crippen LogP contribution in [0.4, 0.5) is 0 Å². The Bertz CT molecular complexity index is 129. The van der Waals surface area contributed by atoms with Crippen molar-refractivity contribution >= 4 is 5.91 Å². The lowest BCUT2D eigenvalue weighted by Crippen LogP contribution is -2.15. The van der Waals surface area contributed by atoms with Gasteiger partial charge in [0.2, 0.25) is 5.91 Å². The number of nitrogens with two attached hydrogens (primary N) is 1. The molecule has 0 aromatic rings. The topological polar surface area (TPSA) is 55.1 Å². The van der Waals surface area contributed by atoms with Gasteiger partial charge >= 0.3 is 0 Å². The molecule has 0 aliphatic carbocycles. The molecule has 3 N–H and O–H groups in total. The van der Waals surface area contributed by atoms with Crippen molar-refractivity contribution in [3.05, 3.63) is 11.8 Å². The summed E-state index contributed by atoms with van der Waals surface area (Å²) >= 11 is 0. The van der Waals surface area contributed by atoms with Gasteiger partial charge < -0.3 is 11.1 Å². The van der Waals surface area contributed by atoms with Crippen LogP contribution < -0.4 is 11.1 Å². The highest BCUT2D eigenvalue weighted by molar-refractivity contribution is 5.91. The lowest BCUT2D eigenvalue weighted by atomic mass is 10.3. The number of carbonyl (C=O) groups excluding carboxylic acids is 1. The molecule has 0 aliphatic rings.